The molecule has 1 rings (SSSR count). The van der Waals surface area contributed by atoms with Crippen LogP contribution in [0.25, 0.3) is 0 Å². The van der Waals surface area contributed by atoms with Crippen molar-refractivity contribution in [1.82, 2.24) is 9.80 Å². The highest BCUT2D eigenvalue weighted by Gasteiger charge is 2.39. The molecule has 1 aromatic rings. The standard InChI is InChI=1S/C36H58N2O9/c1-13-14-19-44-32(40)26(7)45-33(41)28(20-23(2)3)37(11)31(39)30(22-27-17-15-25(6)16-18-27)46-34(42)29(21-24(4)5)38(12)35(43)47-36(8,9)10/h15-18,23-24,26,28-30H,13-14,19-22H2,1-12H3/t26-,28+,29+,30-/m1/s1. The van der Waals surface area contributed by atoms with Crippen molar-refractivity contribution in [2.75, 3.05) is 20.7 Å². The Morgan fingerprint density at radius 2 is 1.28 bits per heavy atom. The van der Waals surface area contributed by atoms with Crippen molar-refractivity contribution in [3.63, 3.8) is 0 Å². The second kappa shape index (κ2) is 19.3. The summed E-state index contributed by atoms with van der Waals surface area (Å²) in [5, 5.41) is 0. The number of rotatable bonds is 17. The summed E-state index contributed by atoms with van der Waals surface area (Å²) in [5.74, 6) is -2.84. The Labute approximate surface area is 281 Å². The van der Waals surface area contributed by atoms with Crippen molar-refractivity contribution in [2.24, 2.45) is 11.8 Å². The third-order valence-electron chi connectivity index (χ3n) is 7.34. The molecule has 1 aromatic carbocycles. The molecule has 2 amide bonds. The first-order valence-electron chi connectivity index (χ1n) is 16.6. The maximum Gasteiger partial charge on any atom is 0.410 e. The lowest BCUT2D eigenvalue weighted by Crippen LogP contribution is -2.52. The van der Waals surface area contributed by atoms with Crippen LogP contribution in [0.1, 0.15) is 99.1 Å². The lowest BCUT2D eigenvalue weighted by Gasteiger charge is -2.33. The molecular formula is C36H58N2O9. The van der Waals surface area contributed by atoms with E-state index in [4.69, 9.17) is 18.9 Å². The number of aryl methyl sites for hydroxylation is 1. The van der Waals surface area contributed by atoms with Gasteiger partial charge in [0.1, 0.15) is 17.7 Å². The number of esters is 3. The Morgan fingerprint density at radius 3 is 1.77 bits per heavy atom. The van der Waals surface area contributed by atoms with Gasteiger partial charge in [0.25, 0.3) is 5.91 Å². The van der Waals surface area contributed by atoms with E-state index in [9.17, 15) is 24.0 Å². The molecule has 0 fully saturated rings. The molecule has 0 heterocycles. The number of nitrogens with zero attached hydrogens (tertiary/aromatic N) is 2. The minimum absolute atomic E-state index is 0.00667. The number of amides is 2. The van der Waals surface area contributed by atoms with E-state index in [0.717, 1.165) is 17.5 Å². The van der Waals surface area contributed by atoms with Crippen LogP contribution in [-0.2, 0) is 44.5 Å². The Morgan fingerprint density at radius 1 is 0.766 bits per heavy atom. The van der Waals surface area contributed by atoms with Gasteiger partial charge in [-0.15, -0.1) is 0 Å². The zero-order valence-corrected chi connectivity index (χ0v) is 30.6. The summed E-state index contributed by atoms with van der Waals surface area (Å²) in [6.45, 7) is 18.4. The minimum Gasteiger partial charge on any atom is -0.463 e. The van der Waals surface area contributed by atoms with Gasteiger partial charge in [0, 0.05) is 20.5 Å². The summed E-state index contributed by atoms with van der Waals surface area (Å²) in [4.78, 5) is 69.1. The number of likely N-dealkylation sites (N-methyl/N-ethyl adjacent to an activating group) is 2. The SMILES string of the molecule is CCCCOC(=O)[C@@H](C)OC(=O)[C@H](CC(C)C)N(C)C(=O)[C@@H](Cc1ccc(C)cc1)OC(=O)[C@H](CC(C)C)N(C)C(=O)OC(C)(C)C. The molecule has 0 radical (unpaired) electrons. The number of hydrogen-bond donors (Lipinski definition) is 0. The highest BCUT2D eigenvalue weighted by Crippen LogP contribution is 2.21. The van der Waals surface area contributed by atoms with Gasteiger partial charge in [-0.2, -0.15) is 0 Å². The normalized spacial score (nSPS) is 14.1. The van der Waals surface area contributed by atoms with Gasteiger partial charge in [0.15, 0.2) is 12.2 Å². The summed E-state index contributed by atoms with van der Waals surface area (Å²) < 4.78 is 22.1. The molecule has 0 aliphatic carbocycles. The van der Waals surface area contributed by atoms with E-state index in [1.54, 1.807) is 20.8 Å². The Balaban J connectivity index is 3.40. The first kappa shape index (κ1) is 41.4. The van der Waals surface area contributed by atoms with Crippen molar-refractivity contribution in [3.05, 3.63) is 35.4 Å². The van der Waals surface area contributed by atoms with Gasteiger partial charge >= 0.3 is 24.0 Å². The molecule has 4 atom stereocenters. The van der Waals surface area contributed by atoms with E-state index in [1.807, 2.05) is 65.8 Å². The van der Waals surface area contributed by atoms with E-state index < -0.39 is 59.8 Å². The average molecular weight is 663 g/mol. The van der Waals surface area contributed by atoms with Crippen LogP contribution in [-0.4, -0.2) is 90.3 Å². The first-order chi connectivity index (χ1) is 21.8. The smallest absolute Gasteiger partial charge is 0.410 e. The van der Waals surface area contributed by atoms with E-state index in [-0.39, 0.29) is 37.7 Å². The lowest BCUT2D eigenvalue weighted by molar-refractivity contribution is -0.174. The number of carbonyl (C=O) groups excluding carboxylic acids is 5. The van der Waals surface area contributed by atoms with Crippen LogP contribution in [0.15, 0.2) is 24.3 Å². The highest BCUT2D eigenvalue weighted by atomic mass is 16.6. The van der Waals surface area contributed by atoms with E-state index >= 15 is 0 Å². The summed E-state index contributed by atoms with van der Waals surface area (Å²) in [5.41, 5.74) is 0.972. The van der Waals surface area contributed by atoms with Gasteiger partial charge in [0.05, 0.1) is 6.61 Å². The summed E-state index contributed by atoms with van der Waals surface area (Å²) in [6, 6.07) is 5.37. The Hall–Kier alpha value is -3.63. The van der Waals surface area contributed by atoms with Gasteiger partial charge < -0.3 is 23.8 Å². The number of benzene rings is 1. The lowest BCUT2D eigenvalue weighted by atomic mass is 10.00. The van der Waals surface area contributed by atoms with E-state index in [0.29, 0.717) is 6.42 Å². The van der Waals surface area contributed by atoms with Crippen molar-refractivity contribution >= 4 is 29.9 Å². The van der Waals surface area contributed by atoms with Crippen LogP contribution in [0, 0.1) is 18.8 Å². The monoisotopic (exact) mass is 662 g/mol. The van der Waals surface area contributed by atoms with Gasteiger partial charge in [-0.05, 0) is 71.3 Å². The molecule has 0 aliphatic heterocycles. The van der Waals surface area contributed by atoms with Gasteiger partial charge in [0.2, 0.25) is 0 Å². The van der Waals surface area contributed by atoms with E-state index in [1.165, 1.54) is 30.8 Å². The third-order valence-corrected chi connectivity index (χ3v) is 7.34. The Kier molecular flexibility index (Phi) is 17.0. The van der Waals surface area contributed by atoms with Gasteiger partial charge in [-0.1, -0.05) is 70.9 Å². The molecule has 0 aliphatic rings. The number of hydrogen-bond acceptors (Lipinski definition) is 9. The first-order valence-corrected chi connectivity index (χ1v) is 16.6. The number of ether oxygens (including phenoxy) is 4. The second-order valence-corrected chi connectivity index (χ2v) is 14.0. The molecule has 0 unspecified atom stereocenters. The number of carbonyl (C=O) groups is 5. The van der Waals surface area contributed by atoms with Crippen LogP contribution in [0.2, 0.25) is 0 Å². The summed E-state index contributed by atoms with van der Waals surface area (Å²) in [7, 11) is 2.92. The molecular weight excluding hydrogens is 604 g/mol. The fourth-order valence-corrected chi connectivity index (χ4v) is 4.63. The van der Waals surface area contributed by atoms with Gasteiger partial charge in [-0.25, -0.2) is 19.2 Å². The summed E-state index contributed by atoms with van der Waals surface area (Å²) >= 11 is 0. The van der Waals surface area contributed by atoms with Crippen molar-refractivity contribution in [2.45, 2.75) is 131 Å². The predicted octanol–water partition coefficient (Wildman–Crippen LogP) is 5.88. The van der Waals surface area contributed by atoms with Gasteiger partial charge in [-0.3, -0.25) is 9.69 Å². The zero-order valence-electron chi connectivity index (χ0n) is 30.6. The van der Waals surface area contributed by atoms with Crippen molar-refractivity contribution in [1.29, 1.82) is 0 Å². The molecule has 0 saturated carbocycles. The highest BCUT2D eigenvalue weighted by molar-refractivity contribution is 5.90. The molecule has 0 saturated heterocycles. The van der Waals surface area contributed by atoms with Crippen molar-refractivity contribution in [3.8, 4) is 0 Å². The van der Waals surface area contributed by atoms with E-state index in [2.05, 4.69) is 0 Å². The summed E-state index contributed by atoms with van der Waals surface area (Å²) in [6.07, 6.45) is -1.12. The maximum atomic E-state index is 14.2. The van der Waals surface area contributed by atoms with Crippen molar-refractivity contribution < 1.29 is 42.9 Å². The number of unbranched alkanes of at least 4 members (excludes halogenated alkanes) is 1. The molecule has 47 heavy (non-hydrogen) atoms. The second-order valence-electron chi connectivity index (χ2n) is 14.0. The molecule has 0 N–H and O–H groups in total. The molecule has 11 nitrogen and oxygen atoms in total. The average Bonchev–Trinajstić information content (AvgIpc) is 2.97. The largest absolute Gasteiger partial charge is 0.463 e. The topological polar surface area (TPSA) is 129 Å². The molecule has 266 valence electrons. The van der Waals surface area contributed by atoms with Crippen LogP contribution in [0.5, 0.6) is 0 Å². The van der Waals surface area contributed by atoms with Crippen LogP contribution in [0.3, 0.4) is 0 Å². The fourth-order valence-electron chi connectivity index (χ4n) is 4.63. The van der Waals surface area contributed by atoms with Crippen LogP contribution >= 0.6 is 0 Å². The van der Waals surface area contributed by atoms with Crippen LogP contribution in [0.4, 0.5) is 4.79 Å². The zero-order chi connectivity index (χ0) is 36.1. The quantitative estimate of drug-likeness (QED) is 0.114. The van der Waals surface area contributed by atoms with Crippen LogP contribution < -0.4 is 0 Å². The molecule has 11 heteroatoms. The Bertz CT molecular complexity index is 1170. The predicted molar refractivity (Wildman–Crippen MR) is 179 cm³/mol. The fraction of sp³-hybridized carbons (Fsp3) is 0.694. The maximum absolute atomic E-state index is 14.2. The minimum atomic E-state index is -1.32. The molecule has 0 aromatic heterocycles. The molecule has 0 bridgehead atoms. The third kappa shape index (κ3) is 14.8. The molecule has 0 spiro atoms.